The minimum atomic E-state index is -4.54. The number of hydrogen-bond acceptors (Lipinski definition) is 5. The van der Waals surface area contributed by atoms with Crippen molar-refractivity contribution in [2.45, 2.75) is 50.7 Å². The number of carbonyl (C=O) groups is 3. The molecule has 3 amide bonds. The summed E-state index contributed by atoms with van der Waals surface area (Å²) >= 11 is 0. The van der Waals surface area contributed by atoms with Gasteiger partial charge in [-0.3, -0.25) is 14.9 Å². The van der Waals surface area contributed by atoms with Crippen molar-refractivity contribution in [1.29, 1.82) is 0 Å². The van der Waals surface area contributed by atoms with Crippen molar-refractivity contribution in [3.8, 4) is 0 Å². The van der Waals surface area contributed by atoms with E-state index in [1.165, 1.54) is 7.11 Å². The number of esters is 1. The Kier molecular flexibility index (Phi) is 7.65. The summed E-state index contributed by atoms with van der Waals surface area (Å²) in [5, 5.41) is 6.53. The number of nitrogens with one attached hydrogen (secondary N) is 3. The molecule has 0 radical (unpaired) electrons. The van der Waals surface area contributed by atoms with E-state index in [1.54, 1.807) is 5.32 Å². The van der Waals surface area contributed by atoms with Crippen LogP contribution in [0.25, 0.3) is 0 Å². The maximum atomic E-state index is 12.0. The van der Waals surface area contributed by atoms with Gasteiger partial charge < -0.3 is 15.4 Å². The molecule has 0 aromatic rings. The molecule has 1 aliphatic rings. The van der Waals surface area contributed by atoms with E-state index in [4.69, 9.17) is 4.74 Å². The quantitative estimate of drug-likeness (QED) is 0.618. The Hall–Kier alpha value is -1.84. The highest BCUT2D eigenvalue weighted by molar-refractivity contribution is 5.94. The molecule has 0 saturated heterocycles. The minimum Gasteiger partial charge on any atom is -0.469 e. The molecule has 0 spiro atoms. The van der Waals surface area contributed by atoms with Gasteiger partial charge in [0.1, 0.15) is 6.54 Å². The molecule has 25 heavy (non-hydrogen) atoms. The summed E-state index contributed by atoms with van der Waals surface area (Å²) in [6.45, 7) is 0.549. The fraction of sp³-hybridized carbons (Fsp3) is 0.800. The van der Waals surface area contributed by atoms with Crippen molar-refractivity contribution in [2.24, 2.45) is 5.92 Å². The highest BCUT2D eigenvalue weighted by Crippen LogP contribution is 2.34. The third-order valence-corrected chi connectivity index (χ3v) is 4.28. The molecule has 7 nitrogen and oxygen atoms in total. The summed E-state index contributed by atoms with van der Waals surface area (Å²) in [6.07, 6.45) is -1.38. The lowest BCUT2D eigenvalue weighted by Crippen LogP contribution is -2.54. The molecule has 3 N–H and O–H groups in total. The predicted octanol–water partition coefficient (Wildman–Crippen LogP) is 1.48. The second-order valence-electron chi connectivity index (χ2n) is 6.26. The Morgan fingerprint density at radius 1 is 1.24 bits per heavy atom. The number of halogens is 3. The lowest BCUT2D eigenvalue weighted by molar-refractivity contribution is -0.149. The average Bonchev–Trinajstić information content (AvgIpc) is 2.52. The molecule has 1 rings (SSSR count). The molecular formula is C15H24F3N3O4. The molecule has 1 saturated carbocycles. The molecule has 2 unspecified atom stereocenters. The van der Waals surface area contributed by atoms with Gasteiger partial charge >= 0.3 is 18.2 Å². The first kappa shape index (κ1) is 21.2. The van der Waals surface area contributed by atoms with Crippen molar-refractivity contribution >= 4 is 17.9 Å². The molecule has 0 aromatic carbocycles. The first-order valence-corrected chi connectivity index (χ1v) is 8.05. The number of ether oxygens (including phenoxy) is 1. The zero-order valence-corrected chi connectivity index (χ0v) is 14.3. The Balaban J connectivity index is 2.40. The van der Waals surface area contributed by atoms with Crippen LogP contribution in [0.2, 0.25) is 0 Å². The number of imide groups is 1. The van der Waals surface area contributed by atoms with Gasteiger partial charge in [-0.15, -0.1) is 0 Å². The van der Waals surface area contributed by atoms with E-state index >= 15 is 0 Å². The normalized spacial score (nSPS) is 23.6. The fourth-order valence-electron chi connectivity index (χ4n) is 2.94. The summed E-state index contributed by atoms with van der Waals surface area (Å²) < 4.78 is 40.7. The van der Waals surface area contributed by atoms with Crippen LogP contribution in [0.15, 0.2) is 0 Å². The molecule has 0 aromatic heterocycles. The van der Waals surface area contributed by atoms with Gasteiger partial charge in [-0.2, -0.15) is 13.2 Å². The van der Waals surface area contributed by atoms with Crippen LogP contribution in [0.1, 0.15) is 39.0 Å². The maximum Gasteiger partial charge on any atom is 0.405 e. The third-order valence-electron chi connectivity index (χ3n) is 4.28. The molecule has 1 aliphatic carbocycles. The van der Waals surface area contributed by atoms with Crippen LogP contribution in [0.4, 0.5) is 18.0 Å². The van der Waals surface area contributed by atoms with Gasteiger partial charge in [0.2, 0.25) is 5.91 Å². The van der Waals surface area contributed by atoms with Crippen molar-refractivity contribution in [3.05, 3.63) is 0 Å². The van der Waals surface area contributed by atoms with Crippen molar-refractivity contribution in [2.75, 3.05) is 20.2 Å². The summed E-state index contributed by atoms with van der Waals surface area (Å²) in [7, 11) is 1.32. The Labute approximate surface area is 144 Å². The third kappa shape index (κ3) is 7.29. The van der Waals surface area contributed by atoms with Crippen molar-refractivity contribution in [3.63, 3.8) is 0 Å². The minimum absolute atomic E-state index is 0.108. The topological polar surface area (TPSA) is 96.5 Å². The first-order valence-electron chi connectivity index (χ1n) is 8.05. The lowest BCUT2D eigenvalue weighted by Gasteiger charge is -2.40. The number of alkyl halides is 3. The van der Waals surface area contributed by atoms with E-state index in [-0.39, 0.29) is 24.9 Å². The second-order valence-corrected chi connectivity index (χ2v) is 6.26. The Bertz CT molecular complexity index is 499. The maximum absolute atomic E-state index is 12.0. The van der Waals surface area contributed by atoms with Crippen LogP contribution in [0.5, 0.6) is 0 Å². The smallest absolute Gasteiger partial charge is 0.405 e. The van der Waals surface area contributed by atoms with Crippen LogP contribution in [0.3, 0.4) is 0 Å². The van der Waals surface area contributed by atoms with Crippen LogP contribution in [-0.4, -0.2) is 49.8 Å². The number of methoxy groups -OCH3 is 1. The van der Waals surface area contributed by atoms with Crippen LogP contribution in [0, 0.1) is 5.92 Å². The van der Waals surface area contributed by atoms with Crippen LogP contribution in [-0.2, 0) is 14.3 Å². The fourth-order valence-corrected chi connectivity index (χ4v) is 2.94. The summed E-state index contributed by atoms with van der Waals surface area (Å²) in [4.78, 5) is 34.7. The van der Waals surface area contributed by atoms with Gasteiger partial charge in [-0.05, 0) is 19.8 Å². The zero-order valence-electron chi connectivity index (χ0n) is 14.3. The predicted molar refractivity (Wildman–Crippen MR) is 82.6 cm³/mol. The number of urea groups is 1. The monoisotopic (exact) mass is 367 g/mol. The van der Waals surface area contributed by atoms with Crippen LogP contribution >= 0.6 is 0 Å². The summed E-state index contributed by atoms with van der Waals surface area (Å²) in [5.41, 5.74) is -0.524. The molecule has 0 heterocycles. The SMILES string of the molecule is COC(=O)C1CCCCC1(C)NCCC(=O)NC(=O)NCC(F)(F)F. The summed E-state index contributed by atoms with van der Waals surface area (Å²) in [5.74, 6) is -1.35. The van der Waals surface area contributed by atoms with E-state index < -0.39 is 30.2 Å². The van der Waals surface area contributed by atoms with Crippen molar-refractivity contribution < 1.29 is 32.3 Å². The Morgan fingerprint density at radius 2 is 1.92 bits per heavy atom. The molecule has 10 heteroatoms. The summed E-state index contributed by atoms with van der Waals surface area (Å²) in [6, 6.07) is -1.20. The lowest BCUT2D eigenvalue weighted by atomic mass is 9.74. The number of rotatable bonds is 6. The van der Waals surface area contributed by atoms with E-state index in [0.29, 0.717) is 6.42 Å². The van der Waals surface area contributed by atoms with E-state index in [1.807, 2.05) is 12.2 Å². The van der Waals surface area contributed by atoms with E-state index in [2.05, 4.69) is 5.32 Å². The molecular weight excluding hydrogens is 343 g/mol. The largest absolute Gasteiger partial charge is 0.469 e. The molecule has 144 valence electrons. The van der Waals surface area contributed by atoms with Gasteiger partial charge in [-0.25, -0.2) is 4.79 Å². The van der Waals surface area contributed by atoms with Crippen molar-refractivity contribution in [1.82, 2.24) is 16.0 Å². The van der Waals surface area contributed by atoms with E-state index in [0.717, 1.165) is 19.3 Å². The van der Waals surface area contributed by atoms with E-state index in [9.17, 15) is 27.6 Å². The van der Waals surface area contributed by atoms with Gasteiger partial charge in [0.15, 0.2) is 0 Å². The highest BCUT2D eigenvalue weighted by Gasteiger charge is 2.41. The molecule has 2 atom stereocenters. The van der Waals surface area contributed by atoms with Gasteiger partial charge in [0.05, 0.1) is 13.0 Å². The van der Waals surface area contributed by atoms with Gasteiger partial charge in [0, 0.05) is 18.5 Å². The zero-order chi connectivity index (χ0) is 19.1. The average molecular weight is 367 g/mol. The number of hydrogen-bond donors (Lipinski definition) is 3. The molecule has 0 bridgehead atoms. The molecule has 1 fully saturated rings. The number of amides is 3. The second kappa shape index (κ2) is 9.02. The van der Waals surface area contributed by atoms with Gasteiger partial charge in [-0.1, -0.05) is 12.8 Å². The Morgan fingerprint density at radius 3 is 2.52 bits per heavy atom. The molecule has 0 aliphatic heterocycles. The number of carbonyl (C=O) groups excluding carboxylic acids is 3. The van der Waals surface area contributed by atoms with Gasteiger partial charge in [0.25, 0.3) is 0 Å². The standard InChI is InChI=1S/C15H24F3N3O4/c1-14(7-4-3-5-10(14)12(23)25-2)20-8-6-11(22)21-13(24)19-9-15(16,17)18/h10,20H,3-9H2,1-2H3,(H2,19,21,22,24). The highest BCUT2D eigenvalue weighted by atomic mass is 19.4. The first-order chi connectivity index (χ1) is 11.6. The van der Waals surface area contributed by atoms with Crippen LogP contribution < -0.4 is 16.0 Å².